The maximum absolute atomic E-state index is 12.4. The van der Waals surface area contributed by atoms with Crippen molar-refractivity contribution in [3.05, 3.63) is 71.3 Å². The van der Waals surface area contributed by atoms with Gasteiger partial charge in [-0.25, -0.2) is 8.42 Å². The van der Waals surface area contributed by atoms with Gasteiger partial charge in [0, 0.05) is 6.26 Å². The molecule has 1 N–H and O–H groups in total. The van der Waals surface area contributed by atoms with E-state index in [9.17, 15) is 13.2 Å². The van der Waals surface area contributed by atoms with Crippen molar-refractivity contribution in [2.45, 2.75) is 6.61 Å². The molecule has 8 nitrogen and oxygen atoms in total. The van der Waals surface area contributed by atoms with Crippen LogP contribution in [0.2, 0.25) is 0 Å². The van der Waals surface area contributed by atoms with E-state index in [1.807, 2.05) is 30.3 Å². The number of aliphatic imine (C=N–C) groups is 1. The fourth-order valence-electron chi connectivity index (χ4n) is 2.69. The summed E-state index contributed by atoms with van der Waals surface area (Å²) in [7, 11) is -3.56. The monoisotopic (exact) mass is 440 g/mol. The molecule has 0 bridgehead atoms. The van der Waals surface area contributed by atoms with E-state index in [2.05, 4.69) is 10.1 Å². The molecule has 0 unspecified atom stereocenters. The molecule has 10 heteroatoms. The highest BCUT2D eigenvalue weighted by Crippen LogP contribution is 2.30. The minimum Gasteiger partial charge on any atom is -0.489 e. The van der Waals surface area contributed by atoms with Crippen LogP contribution in [0.1, 0.15) is 11.1 Å². The normalized spacial score (nSPS) is 17.6. The molecule has 152 valence electrons. The number of sulfone groups is 1. The zero-order chi connectivity index (χ0) is 21.3. The molecule has 30 heavy (non-hydrogen) atoms. The van der Waals surface area contributed by atoms with E-state index in [1.54, 1.807) is 24.3 Å². The molecule has 1 amide bonds. The molecule has 0 atom stereocenters. The second-order valence-corrected chi connectivity index (χ2v) is 9.65. The van der Waals surface area contributed by atoms with E-state index in [-0.39, 0.29) is 21.0 Å². The molecule has 0 saturated carbocycles. The lowest BCUT2D eigenvalue weighted by atomic mass is 10.1. The molecule has 2 aliphatic heterocycles. The minimum absolute atomic E-state index is 0.0239. The summed E-state index contributed by atoms with van der Waals surface area (Å²) in [5, 5.41) is 13.3. The Labute approximate surface area is 177 Å². The van der Waals surface area contributed by atoms with Crippen LogP contribution in [0.4, 0.5) is 0 Å². The molecule has 2 aromatic carbocycles. The number of rotatable bonds is 4. The summed E-state index contributed by atoms with van der Waals surface area (Å²) < 4.78 is 28.9. The van der Waals surface area contributed by atoms with Gasteiger partial charge in [-0.3, -0.25) is 10.2 Å². The summed E-state index contributed by atoms with van der Waals surface area (Å²) >= 11 is 0.755. The third kappa shape index (κ3) is 4.19. The summed E-state index contributed by atoms with van der Waals surface area (Å²) in [6.45, 7) is 0.440. The summed E-state index contributed by atoms with van der Waals surface area (Å²) in [6.07, 6.45) is 2.53. The summed E-state index contributed by atoms with van der Waals surface area (Å²) in [4.78, 5) is 16.2. The zero-order valence-corrected chi connectivity index (χ0v) is 17.4. The van der Waals surface area contributed by atoms with Crippen LogP contribution in [0.25, 0.3) is 6.08 Å². The molecule has 2 aliphatic rings. The second-order valence-electron chi connectivity index (χ2n) is 6.50. The second kappa shape index (κ2) is 7.88. The SMILES string of the molecule is CS(=O)(=O)C1=NN2C(=N)/C(=C\c3ccc(OCc4ccccc4)cc3)C(=O)N=C2S1. The number of hydrogen-bond acceptors (Lipinski definition) is 7. The van der Waals surface area contributed by atoms with Crippen molar-refractivity contribution in [3.8, 4) is 5.75 Å². The predicted molar refractivity (Wildman–Crippen MR) is 117 cm³/mol. The predicted octanol–water partition coefficient (Wildman–Crippen LogP) is 2.89. The van der Waals surface area contributed by atoms with Crippen LogP contribution < -0.4 is 4.74 Å². The quantitative estimate of drug-likeness (QED) is 0.732. The van der Waals surface area contributed by atoms with Gasteiger partial charge < -0.3 is 4.74 Å². The van der Waals surface area contributed by atoms with E-state index in [0.29, 0.717) is 17.9 Å². The fourth-order valence-corrected chi connectivity index (χ4v) is 4.38. The zero-order valence-electron chi connectivity index (χ0n) is 15.8. The smallest absolute Gasteiger partial charge is 0.283 e. The van der Waals surface area contributed by atoms with Crippen molar-refractivity contribution in [2.24, 2.45) is 10.1 Å². The molecule has 0 aliphatic carbocycles. The number of ether oxygens (including phenoxy) is 1. The van der Waals surface area contributed by atoms with E-state index in [4.69, 9.17) is 10.1 Å². The Morgan fingerprint density at radius 3 is 2.50 bits per heavy atom. The highest BCUT2D eigenvalue weighted by molar-refractivity contribution is 8.42. The fraction of sp³-hybridized carbons (Fsp3) is 0.100. The van der Waals surface area contributed by atoms with Gasteiger partial charge in [0.05, 0.1) is 5.57 Å². The van der Waals surface area contributed by atoms with Crippen molar-refractivity contribution in [2.75, 3.05) is 6.26 Å². The highest BCUT2D eigenvalue weighted by atomic mass is 32.3. The number of nitrogens with zero attached hydrogens (tertiary/aromatic N) is 3. The van der Waals surface area contributed by atoms with Gasteiger partial charge in [0.2, 0.25) is 19.4 Å². The first-order valence-corrected chi connectivity index (χ1v) is 11.5. The average Bonchev–Trinajstić information content (AvgIpc) is 3.16. The van der Waals surface area contributed by atoms with E-state index >= 15 is 0 Å². The van der Waals surface area contributed by atoms with Gasteiger partial charge >= 0.3 is 0 Å². The Morgan fingerprint density at radius 2 is 1.83 bits per heavy atom. The van der Waals surface area contributed by atoms with E-state index in [1.165, 1.54) is 6.08 Å². The van der Waals surface area contributed by atoms with Gasteiger partial charge in [0.15, 0.2) is 5.84 Å². The summed E-state index contributed by atoms with van der Waals surface area (Å²) in [6, 6.07) is 16.8. The number of thioether (sulfide) groups is 1. The van der Waals surface area contributed by atoms with Crippen LogP contribution in [-0.2, 0) is 21.2 Å². The molecule has 0 spiro atoms. The van der Waals surface area contributed by atoms with Gasteiger partial charge in [0.25, 0.3) is 5.91 Å². The maximum Gasteiger partial charge on any atom is 0.283 e. The minimum atomic E-state index is -3.56. The molecular weight excluding hydrogens is 424 g/mol. The summed E-state index contributed by atoms with van der Waals surface area (Å²) in [5.41, 5.74) is 1.75. The molecule has 0 saturated heterocycles. The Bertz CT molecular complexity index is 1220. The number of amides is 1. The Balaban J connectivity index is 1.51. The van der Waals surface area contributed by atoms with Crippen molar-refractivity contribution < 1.29 is 17.9 Å². The van der Waals surface area contributed by atoms with Gasteiger partial charge in [-0.15, -0.1) is 5.10 Å². The third-order valence-electron chi connectivity index (χ3n) is 4.19. The van der Waals surface area contributed by atoms with Crippen molar-refractivity contribution >= 4 is 49.0 Å². The van der Waals surface area contributed by atoms with Crippen molar-refractivity contribution in [1.29, 1.82) is 5.41 Å². The molecule has 0 fully saturated rings. The topological polar surface area (TPSA) is 112 Å². The molecule has 0 radical (unpaired) electrons. The van der Waals surface area contributed by atoms with E-state index < -0.39 is 15.7 Å². The van der Waals surface area contributed by atoms with Gasteiger partial charge in [-0.1, -0.05) is 42.5 Å². The molecule has 2 aromatic rings. The lowest BCUT2D eigenvalue weighted by molar-refractivity contribution is -0.114. The number of nitrogens with one attached hydrogen (secondary N) is 1. The van der Waals surface area contributed by atoms with Crippen LogP contribution in [0.5, 0.6) is 5.75 Å². The van der Waals surface area contributed by atoms with Crippen LogP contribution in [0.3, 0.4) is 0 Å². The Hall–Kier alpha value is -3.24. The van der Waals surface area contributed by atoms with Gasteiger partial charge in [-0.05, 0) is 41.1 Å². The van der Waals surface area contributed by atoms with Crippen molar-refractivity contribution in [1.82, 2.24) is 5.01 Å². The van der Waals surface area contributed by atoms with Crippen LogP contribution in [0, 0.1) is 5.41 Å². The summed E-state index contributed by atoms with van der Waals surface area (Å²) in [5.74, 6) is -0.168. The first-order valence-electron chi connectivity index (χ1n) is 8.78. The van der Waals surface area contributed by atoms with Gasteiger partial charge in [0.1, 0.15) is 12.4 Å². The average molecular weight is 441 g/mol. The molecule has 4 rings (SSSR count). The van der Waals surface area contributed by atoms with E-state index in [0.717, 1.165) is 28.6 Å². The number of amidine groups is 2. The maximum atomic E-state index is 12.4. The number of carbonyl (C=O) groups is 1. The first kappa shape index (κ1) is 20.0. The molecule has 2 heterocycles. The highest BCUT2D eigenvalue weighted by Gasteiger charge is 2.38. The number of fused-ring (bicyclic) bond motifs is 1. The van der Waals surface area contributed by atoms with Crippen LogP contribution in [-0.4, -0.2) is 41.0 Å². The van der Waals surface area contributed by atoms with Crippen LogP contribution in [0.15, 0.2) is 70.3 Å². The lowest BCUT2D eigenvalue weighted by Crippen LogP contribution is -2.35. The Morgan fingerprint density at radius 1 is 1.13 bits per heavy atom. The standard InChI is InChI=1S/C20H16N4O4S2/c1-30(26,27)20-23-24-17(21)16(18(25)22-19(24)29-20)11-13-7-9-15(10-8-13)28-12-14-5-3-2-4-6-14/h2-11,21H,12H2,1H3/b16-11+,21-17?. The lowest BCUT2D eigenvalue weighted by Gasteiger charge is -2.20. The third-order valence-corrected chi connectivity index (χ3v) is 6.77. The number of hydrazone groups is 1. The van der Waals surface area contributed by atoms with Crippen molar-refractivity contribution in [3.63, 3.8) is 0 Å². The van der Waals surface area contributed by atoms with Crippen LogP contribution >= 0.6 is 11.8 Å². The Kier molecular flexibility index (Phi) is 5.27. The molecular formula is C20H16N4O4S2. The number of benzene rings is 2. The largest absolute Gasteiger partial charge is 0.489 e. The van der Waals surface area contributed by atoms with Gasteiger partial charge in [-0.2, -0.15) is 10.0 Å². The number of carbonyl (C=O) groups excluding carboxylic acids is 1. The molecule has 0 aromatic heterocycles. The first-order chi connectivity index (χ1) is 14.3. The number of hydrogen-bond donors (Lipinski definition) is 1.